The molecule has 1 saturated carbocycles. The molecule has 5 nitrogen and oxygen atoms in total. The zero-order valence-electron chi connectivity index (χ0n) is 7.90. The fourth-order valence-electron chi connectivity index (χ4n) is 1.48. The highest BCUT2D eigenvalue weighted by atomic mass is 16.6. The van der Waals surface area contributed by atoms with Crippen molar-refractivity contribution in [3.05, 3.63) is 10.1 Å². The summed E-state index contributed by atoms with van der Waals surface area (Å²) in [5, 5.41) is 18.8. The summed E-state index contributed by atoms with van der Waals surface area (Å²) in [4.78, 5) is 20.2. The molecule has 2 unspecified atom stereocenters. The van der Waals surface area contributed by atoms with Crippen molar-refractivity contribution in [2.24, 2.45) is 5.92 Å². The Labute approximate surface area is 76.9 Å². The first-order valence-electron chi connectivity index (χ1n) is 4.49. The van der Waals surface area contributed by atoms with E-state index in [0.29, 0.717) is 19.3 Å². The van der Waals surface area contributed by atoms with Crippen molar-refractivity contribution in [1.82, 2.24) is 0 Å². The molecule has 1 rings (SSSR count). The van der Waals surface area contributed by atoms with Gasteiger partial charge in [0.25, 0.3) is 0 Å². The van der Waals surface area contributed by atoms with E-state index < -0.39 is 22.9 Å². The van der Waals surface area contributed by atoms with Gasteiger partial charge in [-0.05, 0) is 12.8 Å². The molecule has 0 amide bonds. The largest absolute Gasteiger partial charge is 0.481 e. The molecule has 0 aliphatic heterocycles. The van der Waals surface area contributed by atoms with E-state index in [1.807, 2.05) is 13.8 Å². The summed E-state index contributed by atoms with van der Waals surface area (Å²) in [5.41, 5.74) is 0. The Kier molecular flexibility index (Phi) is 5.03. The van der Waals surface area contributed by atoms with Crippen LogP contribution in [0.3, 0.4) is 0 Å². The number of hydrogen-bond acceptors (Lipinski definition) is 3. The minimum atomic E-state index is -1.04. The fraction of sp³-hybridized carbons (Fsp3) is 0.875. The second kappa shape index (κ2) is 5.50. The van der Waals surface area contributed by atoms with Crippen molar-refractivity contribution in [3.8, 4) is 0 Å². The number of carboxylic acid groups (broad SMARTS) is 1. The Morgan fingerprint density at radius 1 is 1.46 bits per heavy atom. The van der Waals surface area contributed by atoms with Gasteiger partial charge in [-0.15, -0.1) is 0 Å². The Morgan fingerprint density at radius 2 is 2.00 bits per heavy atom. The maximum atomic E-state index is 10.4. The average Bonchev–Trinajstić information content (AvgIpc) is 2.55. The normalized spacial score (nSPS) is 26.0. The average molecular weight is 189 g/mol. The molecule has 1 N–H and O–H groups in total. The SMILES string of the molecule is CC.O=C(O)C1CCCC1[N+](=O)[O-]. The second-order valence-corrected chi connectivity index (χ2v) is 2.73. The van der Waals surface area contributed by atoms with Gasteiger partial charge in [-0.3, -0.25) is 14.9 Å². The van der Waals surface area contributed by atoms with Gasteiger partial charge in [0.05, 0.1) is 0 Å². The molecule has 0 radical (unpaired) electrons. The third-order valence-electron chi connectivity index (χ3n) is 2.07. The molecule has 1 aliphatic carbocycles. The van der Waals surface area contributed by atoms with Gasteiger partial charge in [0.15, 0.2) is 0 Å². The molecular formula is C8H15NO4. The van der Waals surface area contributed by atoms with Gasteiger partial charge >= 0.3 is 5.97 Å². The van der Waals surface area contributed by atoms with Crippen LogP contribution in [0.4, 0.5) is 0 Å². The minimum Gasteiger partial charge on any atom is -0.481 e. The molecule has 0 heterocycles. The molecule has 0 aromatic heterocycles. The standard InChI is InChI=1S/C6H9NO4.C2H6/c8-6(9)4-2-1-3-5(4)7(10)11;1-2/h4-5H,1-3H2,(H,8,9);1-2H3. The second-order valence-electron chi connectivity index (χ2n) is 2.73. The highest BCUT2D eigenvalue weighted by molar-refractivity contribution is 5.71. The molecule has 0 saturated heterocycles. The highest BCUT2D eigenvalue weighted by Gasteiger charge is 2.41. The van der Waals surface area contributed by atoms with Crippen LogP contribution in [0.1, 0.15) is 33.1 Å². The molecule has 0 bridgehead atoms. The summed E-state index contributed by atoms with van der Waals surface area (Å²) in [6, 6.07) is -0.854. The number of nitrogens with zero attached hydrogens (tertiary/aromatic N) is 1. The number of rotatable bonds is 2. The molecule has 13 heavy (non-hydrogen) atoms. The number of nitro groups is 1. The molecule has 0 spiro atoms. The summed E-state index contributed by atoms with van der Waals surface area (Å²) in [5.74, 6) is -1.80. The molecule has 1 fully saturated rings. The monoisotopic (exact) mass is 189 g/mol. The van der Waals surface area contributed by atoms with Crippen LogP contribution in [0.15, 0.2) is 0 Å². The van der Waals surface area contributed by atoms with Crippen molar-refractivity contribution >= 4 is 5.97 Å². The predicted molar refractivity (Wildman–Crippen MR) is 47.1 cm³/mol. The topological polar surface area (TPSA) is 80.4 Å². The molecule has 76 valence electrons. The van der Waals surface area contributed by atoms with Crippen LogP contribution < -0.4 is 0 Å². The molecule has 0 aromatic carbocycles. The van der Waals surface area contributed by atoms with Crippen LogP contribution in [0.25, 0.3) is 0 Å². The predicted octanol–water partition coefficient (Wildman–Crippen LogP) is 1.54. The maximum Gasteiger partial charge on any atom is 0.313 e. The zero-order chi connectivity index (χ0) is 10.4. The molecule has 1 aliphatic rings. The van der Waals surface area contributed by atoms with Crippen molar-refractivity contribution in [3.63, 3.8) is 0 Å². The van der Waals surface area contributed by atoms with E-state index in [0.717, 1.165) is 0 Å². The van der Waals surface area contributed by atoms with Gasteiger partial charge in [0.2, 0.25) is 6.04 Å². The summed E-state index contributed by atoms with van der Waals surface area (Å²) < 4.78 is 0. The molecule has 2 atom stereocenters. The fourth-order valence-corrected chi connectivity index (χ4v) is 1.48. The Hall–Kier alpha value is -1.13. The first-order valence-corrected chi connectivity index (χ1v) is 4.49. The minimum absolute atomic E-state index is 0.407. The van der Waals surface area contributed by atoms with Crippen molar-refractivity contribution < 1.29 is 14.8 Å². The quantitative estimate of drug-likeness (QED) is 0.527. The van der Waals surface area contributed by atoms with Crippen molar-refractivity contribution in [2.45, 2.75) is 39.2 Å². The van der Waals surface area contributed by atoms with Gasteiger partial charge in [0, 0.05) is 11.3 Å². The van der Waals surface area contributed by atoms with E-state index in [-0.39, 0.29) is 0 Å². The van der Waals surface area contributed by atoms with E-state index >= 15 is 0 Å². The zero-order valence-corrected chi connectivity index (χ0v) is 7.90. The van der Waals surface area contributed by atoms with Crippen molar-refractivity contribution in [2.75, 3.05) is 0 Å². The van der Waals surface area contributed by atoms with Crippen LogP contribution in [-0.4, -0.2) is 22.0 Å². The Morgan fingerprint density at radius 3 is 2.31 bits per heavy atom. The summed E-state index contributed by atoms with van der Waals surface area (Å²) in [7, 11) is 0. The van der Waals surface area contributed by atoms with Gasteiger partial charge in [0.1, 0.15) is 5.92 Å². The smallest absolute Gasteiger partial charge is 0.313 e. The lowest BCUT2D eigenvalue weighted by molar-refractivity contribution is -0.526. The van der Waals surface area contributed by atoms with E-state index in [4.69, 9.17) is 5.11 Å². The summed E-state index contributed by atoms with van der Waals surface area (Å²) in [6.45, 7) is 4.00. The number of carbonyl (C=O) groups is 1. The van der Waals surface area contributed by atoms with E-state index in [2.05, 4.69) is 0 Å². The number of hydrogen-bond donors (Lipinski definition) is 1. The number of aliphatic carboxylic acids is 1. The van der Waals surface area contributed by atoms with E-state index in [9.17, 15) is 14.9 Å². The van der Waals surface area contributed by atoms with Gasteiger partial charge in [-0.1, -0.05) is 13.8 Å². The lowest BCUT2D eigenvalue weighted by atomic mass is 10.1. The third kappa shape index (κ3) is 3.01. The lowest BCUT2D eigenvalue weighted by Gasteiger charge is -2.06. The van der Waals surface area contributed by atoms with Crippen LogP contribution in [0.5, 0.6) is 0 Å². The first-order chi connectivity index (χ1) is 6.13. The van der Waals surface area contributed by atoms with E-state index in [1.165, 1.54) is 0 Å². The lowest BCUT2D eigenvalue weighted by Crippen LogP contribution is -2.29. The van der Waals surface area contributed by atoms with Crippen molar-refractivity contribution in [1.29, 1.82) is 0 Å². The molecular weight excluding hydrogens is 174 g/mol. The van der Waals surface area contributed by atoms with Gasteiger partial charge in [-0.2, -0.15) is 0 Å². The highest BCUT2D eigenvalue weighted by Crippen LogP contribution is 2.27. The Balaban J connectivity index is 0.000000671. The summed E-state index contributed by atoms with van der Waals surface area (Å²) in [6.07, 6.45) is 1.51. The third-order valence-corrected chi connectivity index (χ3v) is 2.07. The number of carboxylic acids is 1. The van der Waals surface area contributed by atoms with Crippen LogP contribution >= 0.6 is 0 Å². The van der Waals surface area contributed by atoms with Gasteiger partial charge in [-0.25, -0.2) is 0 Å². The Bertz CT molecular complexity index is 173. The first kappa shape index (κ1) is 11.9. The maximum absolute atomic E-state index is 10.4. The summed E-state index contributed by atoms with van der Waals surface area (Å²) >= 11 is 0. The van der Waals surface area contributed by atoms with Crippen LogP contribution in [0, 0.1) is 16.0 Å². The molecule has 5 heteroatoms. The van der Waals surface area contributed by atoms with Crippen LogP contribution in [-0.2, 0) is 4.79 Å². The molecule has 0 aromatic rings. The van der Waals surface area contributed by atoms with E-state index in [1.54, 1.807) is 0 Å². The van der Waals surface area contributed by atoms with Crippen LogP contribution in [0.2, 0.25) is 0 Å². The van der Waals surface area contributed by atoms with Gasteiger partial charge < -0.3 is 5.11 Å².